The summed E-state index contributed by atoms with van der Waals surface area (Å²) >= 11 is 1.57. The lowest BCUT2D eigenvalue weighted by atomic mass is 10.1. The van der Waals surface area contributed by atoms with Crippen molar-refractivity contribution in [2.75, 3.05) is 42.8 Å². The zero-order valence-corrected chi connectivity index (χ0v) is 15.1. The number of amides is 1. The summed E-state index contributed by atoms with van der Waals surface area (Å²) in [6, 6.07) is 12.0. The first-order valence-corrected chi connectivity index (χ1v) is 9.37. The molecule has 1 saturated heterocycles. The van der Waals surface area contributed by atoms with E-state index in [9.17, 15) is 14.9 Å². The maximum absolute atomic E-state index is 12.5. The van der Waals surface area contributed by atoms with Crippen LogP contribution in [0.4, 0.5) is 17.1 Å². The van der Waals surface area contributed by atoms with Gasteiger partial charge in [0.1, 0.15) is 5.69 Å². The van der Waals surface area contributed by atoms with E-state index in [0.717, 1.165) is 4.90 Å². The van der Waals surface area contributed by atoms with Gasteiger partial charge in [0.05, 0.1) is 18.1 Å². The largest absolute Gasteiger partial charge is 0.378 e. The molecule has 136 valence electrons. The van der Waals surface area contributed by atoms with E-state index in [0.29, 0.717) is 37.7 Å². The van der Waals surface area contributed by atoms with Crippen molar-refractivity contribution >= 4 is 34.7 Å². The molecule has 2 aromatic carbocycles. The summed E-state index contributed by atoms with van der Waals surface area (Å²) in [4.78, 5) is 26.5. The molecule has 0 spiro atoms. The number of benzene rings is 2. The number of nitro benzene ring substituents is 1. The molecule has 1 fully saturated rings. The highest BCUT2D eigenvalue weighted by molar-refractivity contribution is 7.98. The van der Waals surface area contributed by atoms with Crippen LogP contribution in [0.15, 0.2) is 47.4 Å². The summed E-state index contributed by atoms with van der Waals surface area (Å²) in [6.07, 6.45) is 1.95. The number of nitro groups is 1. The number of anilines is 2. The Morgan fingerprint density at radius 1 is 1.23 bits per heavy atom. The van der Waals surface area contributed by atoms with Gasteiger partial charge in [-0.2, -0.15) is 0 Å². The van der Waals surface area contributed by atoms with Crippen molar-refractivity contribution in [2.24, 2.45) is 0 Å². The summed E-state index contributed by atoms with van der Waals surface area (Å²) < 4.78 is 5.29. The zero-order chi connectivity index (χ0) is 18.5. The quantitative estimate of drug-likeness (QED) is 0.491. The molecular weight excluding hydrogens is 354 g/mol. The predicted molar refractivity (Wildman–Crippen MR) is 102 cm³/mol. The summed E-state index contributed by atoms with van der Waals surface area (Å²) in [5.74, 6) is -0.375. The first-order chi connectivity index (χ1) is 12.6. The van der Waals surface area contributed by atoms with Gasteiger partial charge in [-0.1, -0.05) is 6.07 Å². The lowest BCUT2D eigenvalue weighted by Crippen LogP contribution is -2.36. The van der Waals surface area contributed by atoms with Crippen molar-refractivity contribution in [3.05, 3.63) is 58.1 Å². The molecule has 1 heterocycles. The fourth-order valence-corrected chi connectivity index (χ4v) is 3.25. The van der Waals surface area contributed by atoms with E-state index in [1.54, 1.807) is 30.0 Å². The van der Waals surface area contributed by atoms with Crippen LogP contribution in [0.5, 0.6) is 0 Å². The fraction of sp³-hybridized carbons (Fsp3) is 0.278. The van der Waals surface area contributed by atoms with Crippen LogP contribution in [0.3, 0.4) is 0 Å². The van der Waals surface area contributed by atoms with E-state index in [4.69, 9.17) is 4.74 Å². The highest BCUT2D eigenvalue weighted by atomic mass is 32.2. The lowest BCUT2D eigenvalue weighted by molar-refractivity contribution is -0.384. The molecule has 1 amide bonds. The number of morpholine rings is 1. The van der Waals surface area contributed by atoms with Gasteiger partial charge in [-0.15, -0.1) is 11.8 Å². The van der Waals surface area contributed by atoms with Crippen LogP contribution in [-0.4, -0.2) is 43.4 Å². The molecule has 1 aliphatic heterocycles. The first-order valence-electron chi connectivity index (χ1n) is 8.15. The van der Waals surface area contributed by atoms with Crippen molar-refractivity contribution in [1.29, 1.82) is 0 Å². The first kappa shape index (κ1) is 18.2. The average molecular weight is 373 g/mol. The van der Waals surface area contributed by atoms with E-state index in [-0.39, 0.29) is 17.2 Å². The van der Waals surface area contributed by atoms with Crippen LogP contribution in [0, 0.1) is 10.1 Å². The van der Waals surface area contributed by atoms with Crippen LogP contribution in [0.2, 0.25) is 0 Å². The molecule has 8 heteroatoms. The normalized spacial score (nSPS) is 14.1. The molecule has 1 aliphatic rings. The van der Waals surface area contributed by atoms with Gasteiger partial charge in [0.2, 0.25) is 0 Å². The Labute approximate surface area is 155 Å². The number of hydrogen-bond acceptors (Lipinski definition) is 6. The SMILES string of the molecule is CSc1cccc(NC(=O)c2ccc(N3CCOCC3)c([N+](=O)[O-])c2)c1. The maximum atomic E-state index is 12.5. The van der Waals surface area contributed by atoms with Gasteiger partial charge in [0, 0.05) is 35.3 Å². The Morgan fingerprint density at radius 3 is 2.69 bits per heavy atom. The number of thioether (sulfide) groups is 1. The fourth-order valence-electron chi connectivity index (χ4n) is 2.79. The third-order valence-electron chi connectivity index (χ3n) is 4.11. The van der Waals surface area contributed by atoms with E-state index >= 15 is 0 Å². The molecule has 7 nitrogen and oxygen atoms in total. The number of carbonyl (C=O) groups excluding carboxylic acids is 1. The molecule has 0 aromatic heterocycles. The number of carbonyl (C=O) groups is 1. The molecule has 0 bridgehead atoms. The minimum absolute atomic E-state index is 0.0718. The maximum Gasteiger partial charge on any atom is 0.293 e. The molecule has 0 atom stereocenters. The standard InChI is InChI=1S/C18H19N3O4S/c1-26-15-4-2-3-14(12-15)19-18(22)13-5-6-16(17(11-13)21(23)24)20-7-9-25-10-8-20/h2-6,11-12H,7-10H2,1H3,(H,19,22). The second kappa shape index (κ2) is 8.20. The smallest absolute Gasteiger partial charge is 0.293 e. The second-order valence-electron chi connectivity index (χ2n) is 5.75. The summed E-state index contributed by atoms with van der Waals surface area (Å²) in [5, 5.41) is 14.3. The zero-order valence-electron chi connectivity index (χ0n) is 14.3. The summed E-state index contributed by atoms with van der Waals surface area (Å²) in [6.45, 7) is 2.25. The molecule has 3 rings (SSSR count). The number of nitrogens with zero attached hydrogens (tertiary/aromatic N) is 2. The molecule has 0 aliphatic carbocycles. The molecule has 2 aromatic rings. The van der Waals surface area contributed by atoms with Crippen molar-refractivity contribution < 1.29 is 14.5 Å². The van der Waals surface area contributed by atoms with Crippen molar-refractivity contribution in [3.63, 3.8) is 0 Å². The summed E-state index contributed by atoms with van der Waals surface area (Å²) in [5.41, 5.74) is 1.35. The predicted octanol–water partition coefficient (Wildman–Crippen LogP) is 3.41. The molecular formula is C18H19N3O4S. The van der Waals surface area contributed by atoms with E-state index < -0.39 is 4.92 Å². The Balaban J connectivity index is 1.84. The van der Waals surface area contributed by atoms with Gasteiger partial charge in [0.15, 0.2) is 0 Å². The topological polar surface area (TPSA) is 84.7 Å². The van der Waals surface area contributed by atoms with Gasteiger partial charge in [-0.3, -0.25) is 14.9 Å². The minimum atomic E-state index is -0.448. The van der Waals surface area contributed by atoms with Gasteiger partial charge in [-0.05, 0) is 36.6 Å². The average Bonchev–Trinajstić information content (AvgIpc) is 2.68. The number of ether oxygens (including phenoxy) is 1. The van der Waals surface area contributed by atoms with Crippen molar-refractivity contribution in [2.45, 2.75) is 4.90 Å². The lowest BCUT2D eigenvalue weighted by Gasteiger charge is -2.28. The number of rotatable bonds is 5. The Hall–Kier alpha value is -2.58. The van der Waals surface area contributed by atoms with Gasteiger partial charge >= 0.3 is 0 Å². The van der Waals surface area contributed by atoms with Crippen LogP contribution in [0.25, 0.3) is 0 Å². The van der Waals surface area contributed by atoms with Crippen LogP contribution < -0.4 is 10.2 Å². The molecule has 26 heavy (non-hydrogen) atoms. The third kappa shape index (κ3) is 4.14. The highest BCUT2D eigenvalue weighted by Crippen LogP contribution is 2.30. The molecule has 0 unspecified atom stereocenters. The van der Waals surface area contributed by atoms with E-state index in [1.165, 1.54) is 6.07 Å². The van der Waals surface area contributed by atoms with E-state index in [1.807, 2.05) is 29.4 Å². The monoisotopic (exact) mass is 373 g/mol. The molecule has 0 saturated carbocycles. The highest BCUT2D eigenvalue weighted by Gasteiger charge is 2.23. The number of hydrogen-bond donors (Lipinski definition) is 1. The van der Waals surface area contributed by atoms with Gasteiger partial charge in [0.25, 0.3) is 11.6 Å². The Morgan fingerprint density at radius 2 is 2.00 bits per heavy atom. The van der Waals surface area contributed by atoms with E-state index in [2.05, 4.69) is 5.32 Å². The van der Waals surface area contributed by atoms with Crippen LogP contribution in [0.1, 0.15) is 10.4 Å². The minimum Gasteiger partial charge on any atom is -0.378 e. The van der Waals surface area contributed by atoms with Crippen molar-refractivity contribution in [3.8, 4) is 0 Å². The van der Waals surface area contributed by atoms with Crippen LogP contribution >= 0.6 is 11.8 Å². The Kier molecular flexibility index (Phi) is 5.75. The molecule has 0 radical (unpaired) electrons. The third-order valence-corrected chi connectivity index (χ3v) is 4.84. The van der Waals surface area contributed by atoms with Crippen molar-refractivity contribution in [1.82, 2.24) is 0 Å². The Bertz CT molecular complexity index is 822. The summed E-state index contributed by atoms with van der Waals surface area (Å²) in [7, 11) is 0. The van der Waals surface area contributed by atoms with Gasteiger partial charge in [-0.25, -0.2) is 0 Å². The second-order valence-corrected chi connectivity index (χ2v) is 6.63. The molecule has 1 N–H and O–H groups in total. The van der Waals surface area contributed by atoms with Gasteiger partial charge < -0.3 is 15.0 Å². The number of nitrogens with one attached hydrogen (secondary N) is 1. The van der Waals surface area contributed by atoms with Crippen LogP contribution in [-0.2, 0) is 4.74 Å².